The fourth-order valence-corrected chi connectivity index (χ4v) is 12.0. The monoisotopic (exact) mass is 842 g/mol. The standard InChI is InChI=1S/C63H58Si/c1-4-5-6-7-22-43-64(2,3)55-41-42-58-61(46-55)63(54-39-35-48(36-40-54)45-60(51-27-16-10-17-28-51)52-29-18-11-19-30-52)57-32-21-20-31-56(57)62(58)53-37-33-47(34-38-53)44-59(49-23-12-8-13-24-49)50-25-14-9-15-26-50/h8-21,23-42,44-46H,4-7,22,43H2,1-3H3. The molecule has 0 aliphatic heterocycles. The highest BCUT2D eigenvalue weighted by Gasteiger charge is 2.25. The predicted molar refractivity (Wildman–Crippen MR) is 283 cm³/mol. The molecule has 9 rings (SSSR count). The topological polar surface area (TPSA) is 0 Å². The summed E-state index contributed by atoms with van der Waals surface area (Å²) in [5.74, 6) is 0. The van der Waals surface area contributed by atoms with Crippen LogP contribution in [0.5, 0.6) is 0 Å². The highest BCUT2D eigenvalue weighted by Crippen LogP contribution is 2.44. The Hall–Kier alpha value is -6.80. The van der Waals surface area contributed by atoms with E-state index >= 15 is 0 Å². The van der Waals surface area contributed by atoms with Crippen molar-refractivity contribution in [3.63, 3.8) is 0 Å². The molecule has 0 saturated carbocycles. The van der Waals surface area contributed by atoms with E-state index in [4.69, 9.17) is 0 Å². The lowest BCUT2D eigenvalue weighted by Crippen LogP contribution is -2.41. The molecule has 64 heavy (non-hydrogen) atoms. The third kappa shape index (κ3) is 9.42. The Morgan fingerprint density at radius 3 is 1.17 bits per heavy atom. The number of hydrogen-bond donors (Lipinski definition) is 0. The highest BCUT2D eigenvalue weighted by atomic mass is 28.3. The van der Waals surface area contributed by atoms with Gasteiger partial charge in [0.15, 0.2) is 0 Å². The van der Waals surface area contributed by atoms with Gasteiger partial charge < -0.3 is 0 Å². The predicted octanol–water partition coefficient (Wildman–Crippen LogP) is 17.4. The zero-order valence-corrected chi connectivity index (χ0v) is 38.6. The Kier molecular flexibility index (Phi) is 13.1. The maximum atomic E-state index is 2.60. The largest absolute Gasteiger partial charge is 0.0806 e. The lowest BCUT2D eigenvalue weighted by atomic mass is 9.85. The van der Waals surface area contributed by atoms with Gasteiger partial charge in [-0.2, -0.15) is 0 Å². The van der Waals surface area contributed by atoms with E-state index < -0.39 is 8.07 Å². The summed E-state index contributed by atoms with van der Waals surface area (Å²) in [4.78, 5) is 0. The summed E-state index contributed by atoms with van der Waals surface area (Å²) in [5.41, 5.74) is 14.8. The molecule has 0 radical (unpaired) electrons. The molecule has 0 amide bonds. The Morgan fingerprint density at radius 2 is 0.750 bits per heavy atom. The third-order valence-electron chi connectivity index (χ3n) is 13.1. The van der Waals surface area contributed by atoms with Crippen LogP contribution in [0, 0.1) is 0 Å². The van der Waals surface area contributed by atoms with E-state index in [0.717, 1.165) is 0 Å². The number of unbranched alkanes of at least 4 members (excludes halogenated alkanes) is 4. The van der Waals surface area contributed by atoms with E-state index in [2.05, 4.69) is 244 Å². The fraction of sp³-hybridized carbons (Fsp3) is 0.143. The zero-order valence-electron chi connectivity index (χ0n) is 37.6. The van der Waals surface area contributed by atoms with Crippen molar-refractivity contribution in [2.75, 3.05) is 0 Å². The van der Waals surface area contributed by atoms with Gasteiger partial charge in [0.1, 0.15) is 0 Å². The second-order valence-electron chi connectivity index (χ2n) is 17.9. The van der Waals surface area contributed by atoms with Crippen molar-refractivity contribution in [2.45, 2.75) is 58.2 Å². The zero-order chi connectivity index (χ0) is 43.7. The summed E-state index contributed by atoms with van der Waals surface area (Å²) in [7, 11) is -1.73. The molecule has 1 heteroatoms. The normalized spacial score (nSPS) is 11.4. The molecule has 0 aliphatic rings. The van der Waals surface area contributed by atoms with Crippen LogP contribution in [0.1, 0.15) is 72.4 Å². The Balaban J connectivity index is 1.18. The molecule has 314 valence electrons. The van der Waals surface area contributed by atoms with Crippen molar-refractivity contribution < 1.29 is 0 Å². The Bertz CT molecular complexity index is 2930. The van der Waals surface area contributed by atoms with Crippen molar-refractivity contribution >= 4 is 58.1 Å². The van der Waals surface area contributed by atoms with E-state index in [0.29, 0.717) is 0 Å². The van der Waals surface area contributed by atoms with E-state index in [1.165, 1.54) is 126 Å². The summed E-state index contributed by atoms with van der Waals surface area (Å²) >= 11 is 0. The van der Waals surface area contributed by atoms with Crippen LogP contribution in [-0.2, 0) is 0 Å². The first-order chi connectivity index (χ1) is 31.5. The molecule has 0 bridgehead atoms. The molecule has 0 nitrogen and oxygen atoms in total. The molecule has 0 unspecified atom stereocenters. The van der Waals surface area contributed by atoms with E-state index in [9.17, 15) is 0 Å². The van der Waals surface area contributed by atoms with Crippen molar-refractivity contribution in [3.05, 3.63) is 246 Å². The van der Waals surface area contributed by atoms with Gasteiger partial charge in [0, 0.05) is 0 Å². The maximum Gasteiger partial charge on any atom is 0.0806 e. The smallest absolute Gasteiger partial charge is 0.0654 e. The average Bonchev–Trinajstić information content (AvgIpc) is 3.35. The highest BCUT2D eigenvalue weighted by molar-refractivity contribution is 6.90. The van der Waals surface area contributed by atoms with Crippen molar-refractivity contribution in [1.29, 1.82) is 0 Å². The summed E-state index contributed by atoms with van der Waals surface area (Å²) in [6.07, 6.45) is 11.3. The number of rotatable bonds is 15. The lowest BCUT2D eigenvalue weighted by molar-refractivity contribution is 0.653. The Morgan fingerprint density at radius 1 is 0.375 bits per heavy atom. The van der Waals surface area contributed by atoms with Crippen LogP contribution in [0.3, 0.4) is 0 Å². The first-order valence-electron chi connectivity index (χ1n) is 23.3. The van der Waals surface area contributed by atoms with E-state index in [-0.39, 0.29) is 0 Å². The molecule has 0 heterocycles. The molecule has 0 spiro atoms. The van der Waals surface area contributed by atoms with Crippen molar-refractivity contribution in [1.82, 2.24) is 0 Å². The van der Waals surface area contributed by atoms with Gasteiger partial charge >= 0.3 is 0 Å². The Labute approximate surface area is 382 Å². The SMILES string of the molecule is CCCCCCC[Si](C)(C)c1ccc2c(-c3ccc(C=C(c4ccccc4)c4ccccc4)cc3)c3ccccc3c(-c3ccc(C=C(c4ccccc4)c4ccccc4)cc3)c2c1. The number of hydrogen-bond acceptors (Lipinski definition) is 0. The second-order valence-corrected chi connectivity index (χ2v) is 22.8. The summed E-state index contributed by atoms with van der Waals surface area (Å²) in [6, 6.07) is 79.5. The molecule has 9 aromatic carbocycles. The fourth-order valence-electron chi connectivity index (χ4n) is 9.50. The summed E-state index contributed by atoms with van der Waals surface area (Å²) in [5, 5.41) is 6.76. The van der Waals surface area contributed by atoms with Gasteiger partial charge in [-0.05, 0) is 100 Å². The molecule has 0 saturated heterocycles. The van der Waals surface area contributed by atoms with Gasteiger partial charge in [-0.1, -0.05) is 276 Å². The van der Waals surface area contributed by atoms with Crippen LogP contribution in [-0.4, -0.2) is 8.07 Å². The first kappa shape index (κ1) is 42.5. The molecule has 0 fully saturated rings. The molecule has 0 N–H and O–H groups in total. The molecule has 0 aliphatic carbocycles. The van der Waals surface area contributed by atoms with Gasteiger partial charge in [0.05, 0.1) is 8.07 Å². The minimum Gasteiger partial charge on any atom is -0.0654 e. The van der Waals surface area contributed by atoms with Crippen LogP contribution in [0.4, 0.5) is 0 Å². The van der Waals surface area contributed by atoms with Crippen molar-refractivity contribution in [2.24, 2.45) is 0 Å². The average molecular weight is 843 g/mol. The van der Waals surface area contributed by atoms with E-state index in [1.807, 2.05) is 0 Å². The maximum absolute atomic E-state index is 2.60. The third-order valence-corrected chi connectivity index (χ3v) is 16.5. The molecular weight excluding hydrogens is 785 g/mol. The van der Waals surface area contributed by atoms with Crippen LogP contribution < -0.4 is 5.19 Å². The van der Waals surface area contributed by atoms with Crippen LogP contribution in [0.25, 0.3) is 67.1 Å². The number of benzene rings is 9. The summed E-state index contributed by atoms with van der Waals surface area (Å²) < 4.78 is 0. The molecule has 0 aromatic heterocycles. The molecular formula is C63H58Si. The first-order valence-corrected chi connectivity index (χ1v) is 26.5. The minimum absolute atomic E-state index is 1.18. The minimum atomic E-state index is -1.73. The lowest BCUT2D eigenvalue weighted by Gasteiger charge is -2.25. The second kappa shape index (κ2) is 19.7. The van der Waals surface area contributed by atoms with Gasteiger partial charge in [0.25, 0.3) is 0 Å². The summed E-state index contributed by atoms with van der Waals surface area (Å²) in [6.45, 7) is 7.47. The van der Waals surface area contributed by atoms with Crippen LogP contribution >= 0.6 is 0 Å². The van der Waals surface area contributed by atoms with Gasteiger partial charge in [-0.15, -0.1) is 0 Å². The quantitative estimate of drug-likeness (QED) is 0.0417. The molecule has 9 aromatic rings. The van der Waals surface area contributed by atoms with Crippen LogP contribution in [0.15, 0.2) is 212 Å². The van der Waals surface area contributed by atoms with Gasteiger partial charge in [-0.3, -0.25) is 0 Å². The van der Waals surface area contributed by atoms with Gasteiger partial charge in [-0.25, -0.2) is 0 Å². The van der Waals surface area contributed by atoms with Crippen LogP contribution in [0.2, 0.25) is 19.1 Å². The van der Waals surface area contributed by atoms with Crippen molar-refractivity contribution in [3.8, 4) is 22.3 Å². The van der Waals surface area contributed by atoms with Gasteiger partial charge in [0.2, 0.25) is 0 Å². The van der Waals surface area contributed by atoms with E-state index in [1.54, 1.807) is 5.19 Å². The molecule has 0 atom stereocenters. The number of fused-ring (bicyclic) bond motifs is 2.